The van der Waals surface area contributed by atoms with Gasteiger partial charge < -0.3 is 15.1 Å². The molecule has 2 rings (SSSR count). The normalized spacial score (nSPS) is 15.3. The molecule has 0 radical (unpaired) electrons. The van der Waals surface area contributed by atoms with Crippen LogP contribution >= 0.6 is 11.6 Å². The van der Waals surface area contributed by atoms with Crippen LogP contribution in [-0.2, 0) is 9.59 Å². The van der Waals surface area contributed by atoms with Crippen molar-refractivity contribution in [3.63, 3.8) is 0 Å². The molecule has 1 aromatic rings. The molecule has 0 spiro atoms. The second kappa shape index (κ2) is 8.73. The molecule has 1 saturated heterocycles. The van der Waals surface area contributed by atoms with Crippen molar-refractivity contribution in [2.45, 2.75) is 26.3 Å². The maximum absolute atomic E-state index is 12.5. The number of carbonyl (C=O) groups excluding carboxylic acids is 2. The lowest BCUT2D eigenvalue weighted by Crippen LogP contribution is -2.52. The van der Waals surface area contributed by atoms with Crippen LogP contribution in [0.25, 0.3) is 0 Å². The van der Waals surface area contributed by atoms with E-state index in [-0.39, 0.29) is 30.4 Å². The Morgan fingerprint density at radius 2 is 1.73 bits per heavy atom. The smallest absolute Gasteiger partial charge is 0.236 e. The Bertz CT molecular complexity index is 637. The summed E-state index contributed by atoms with van der Waals surface area (Å²) in [5, 5.41) is 3.64. The monoisotopic (exact) mass is 380 g/mol. The Labute approximate surface area is 161 Å². The first-order chi connectivity index (χ1) is 12.2. The predicted molar refractivity (Wildman–Crippen MR) is 106 cm³/mol. The molecule has 0 aromatic heterocycles. The Morgan fingerprint density at radius 3 is 2.31 bits per heavy atom. The number of halogens is 1. The Balaban J connectivity index is 1.79. The Hall–Kier alpha value is -1.79. The first-order valence-corrected chi connectivity index (χ1v) is 9.30. The van der Waals surface area contributed by atoms with Gasteiger partial charge in [-0.15, -0.1) is 0 Å². The molecule has 6 nitrogen and oxygen atoms in total. The molecule has 0 aliphatic carbocycles. The molecule has 0 bridgehead atoms. The lowest BCUT2D eigenvalue weighted by molar-refractivity contribution is -0.133. The number of nitrogens with one attached hydrogen (secondary N) is 1. The molecule has 1 aliphatic heterocycles. The van der Waals surface area contributed by atoms with Gasteiger partial charge in [0.25, 0.3) is 0 Å². The number of piperazine rings is 1. The predicted octanol–water partition coefficient (Wildman–Crippen LogP) is 1.84. The maximum atomic E-state index is 12.5. The van der Waals surface area contributed by atoms with E-state index in [4.69, 9.17) is 11.6 Å². The SMILES string of the molecule is CN(CC(=O)NC(C)(C)C)CC(=O)N1CCN(c2ccccc2Cl)CC1. The average Bonchev–Trinajstić information content (AvgIpc) is 2.53. The van der Waals surface area contributed by atoms with Gasteiger partial charge in [0.15, 0.2) is 0 Å². The highest BCUT2D eigenvalue weighted by molar-refractivity contribution is 6.33. The summed E-state index contributed by atoms with van der Waals surface area (Å²) in [6.07, 6.45) is 0. The summed E-state index contributed by atoms with van der Waals surface area (Å²) in [4.78, 5) is 30.3. The van der Waals surface area contributed by atoms with E-state index in [9.17, 15) is 9.59 Å². The van der Waals surface area contributed by atoms with Crippen molar-refractivity contribution in [1.29, 1.82) is 0 Å². The van der Waals surface area contributed by atoms with E-state index in [2.05, 4.69) is 10.2 Å². The summed E-state index contributed by atoms with van der Waals surface area (Å²) < 4.78 is 0. The minimum Gasteiger partial charge on any atom is -0.367 e. The fraction of sp³-hybridized carbons (Fsp3) is 0.579. The highest BCUT2D eigenvalue weighted by Gasteiger charge is 2.24. The molecule has 1 aliphatic rings. The van der Waals surface area contributed by atoms with Crippen LogP contribution in [0, 0.1) is 0 Å². The Kier molecular flexibility index (Phi) is 6.89. The molecule has 1 heterocycles. The van der Waals surface area contributed by atoms with Gasteiger partial charge in [-0.05, 0) is 40.0 Å². The number of hydrogen-bond acceptors (Lipinski definition) is 4. The van der Waals surface area contributed by atoms with Crippen molar-refractivity contribution < 1.29 is 9.59 Å². The van der Waals surface area contributed by atoms with Crippen molar-refractivity contribution in [3.8, 4) is 0 Å². The number of amides is 2. The van der Waals surface area contributed by atoms with E-state index in [0.29, 0.717) is 13.1 Å². The molecule has 7 heteroatoms. The minimum absolute atomic E-state index is 0.0508. The van der Waals surface area contributed by atoms with Gasteiger partial charge in [-0.2, -0.15) is 0 Å². The van der Waals surface area contributed by atoms with E-state index < -0.39 is 0 Å². The third-order valence-electron chi connectivity index (χ3n) is 4.16. The standard InChI is InChI=1S/C19H29ClN4O2/c1-19(2,3)21-17(25)13-22(4)14-18(26)24-11-9-23(10-12-24)16-8-6-5-7-15(16)20/h5-8H,9-14H2,1-4H3,(H,21,25). The van der Waals surface area contributed by atoms with Gasteiger partial charge in [-0.1, -0.05) is 23.7 Å². The number of hydrogen-bond donors (Lipinski definition) is 1. The van der Waals surface area contributed by atoms with Crippen LogP contribution in [-0.4, -0.2) is 73.5 Å². The summed E-state index contributed by atoms with van der Waals surface area (Å²) in [5.41, 5.74) is 0.744. The molecule has 144 valence electrons. The number of likely N-dealkylation sites (N-methyl/N-ethyl adjacent to an activating group) is 1. The zero-order valence-corrected chi connectivity index (χ0v) is 16.8. The van der Waals surface area contributed by atoms with Crippen molar-refractivity contribution in [2.75, 3.05) is 51.2 Å². The van der Waals surface area contributed by atoms with Gasteiger partial charge in [0.2, 0.25) is 11.8 Å². The van der Waals surface area contributed by atoms with E-state index in [1.807, 2.05) is 49.9 Å². The fourth-order valence-electron chi connectivity index (χ4n) is 2.99. The summed E-state index contributed by atoms with van der Waals surface area (Å²) in [7, 11) is 1.79. The fourth-order valence-corrected chi connectivity index (χ4v) is 3.25. The van der Waals surface area contributed by atoms with Crippen LogP contribution in [0.3, 0.4) is 0 Å². The molecule has 1 fully saturated rings. The summed E-state index contributed by atoms with van der Waals surface area (Å²) in [6.45, 7) is 9.09. The molecule has 0 atom stereocenters. The minimum atomic E-state index is -0.267. The molecule has 26 heavy (non-hydrogen) atoms. The maximum Gasteiger partial charge on any atom is 0.236 e. The molecule has 1 aromatic carbocycles. The highest BCUT2D eigenvalue weighted by atomic mass is 35.5. The van der Waals surface area contributed by atoms with Crippen molar-refractivity contribution >= 4 is 29.1 Å². The first-order valence-electron chi connectivity index (χ1n) is 8.92. The number of benzene rings is 1. The van der Waals surface area contributed by atoms with Gasteiger partial charge in [0.05, 0.1) is 23.8 Å². The van der Waals surface area contributed by atoms with Gasteiger partial charge in [0.1, 0.15) is 0 Å². The quantitative estimate of drug-likeness (QED) is 0.846. The van der Waals surface area contributed by atoms with Gasteiger partial charge in [-0.3, -0.25) is 14.5 Å². The Morgan fingerprint density at radius 1 is 1.12 bits per heavy atom. The molecule has 2 amide bonds. The first kappa shape index (κ1) is 20.5. The van der Waals surface area contributed by atoms with Crippen LogP contribution in [0.5, 0.6) is 0 Å². The van der Waals surface area contributed by atoms with Gasteiger partial charge in [0, 0.05) is 31.7 Å². The second-order valence-electron chi connectivity index (χ2n) is 7.79. The summed E-state index contributed by atoms with van der Waals surface area (Å²) in [6, 6.07) is 7.76. The number of para-hydroxylation sites is 1. The molecular formula is C19H29ClN4O2. The lowest BCUT2D eigenvalue weighted by Gasteiger charge is -2.37. The van der Waals surface area contributed by atoms with Crippen LogP contribution in [0.15, 0.2) is 24.3 Å². The van der Waals surface area contributed by atoms with E-state index in [1.54, 1.807) is 11.9 Å². The van der Waals surface area contributed by atoms with Crippen LogP contribution < -0.4 is 10.2 Å². The second-order valence-corrected chi connectivity index (χ2v) is 8.20. The number of carbonyl (C=O) groups is 2. The average molecular weight is 381 g/mol. The van der Waals surface area contributed by atoms with Crippen molar-refractivity contribution in [3.05, 3.63) is 29.3 Å². The van der Waals surface area contributed by atoms with Crippen LogP contribution in [0.1, 0.15) is 20.8 Å². The number of rotatable bonds is 5. The van der Waals surface area contributed by atoms with Crippen molar-refractivity contribution in [2.24, 2.45) is 0 Å². The highest BCUT2D eigenvalue weighted by Crippen LogP contribution is 2.25. The summed E-state index contributed by atoms with van der Waals surface area (Å²) >= 11 is 6.25. The molecule has 0 saturated carbocycles. The third-order valence-corrected chi connectivity index (χ3v) is 4.48. The van der Waals surface area contributed by atoms with Crippen molar-refractivity contribution in [1.82, 2.24) is 15.1 Å². The van der Waals surface area contributed by atoms with Crippen LogP contribution in [0.4, 0.5) is 5.69 Å². The molecule has 0 unspecified atom stereocenters. The topological polar surface area (TPSA) is 55.9 Å². The van der Waals surface area contributed by atoms with E-state index in [0.717, 1.165) is 23.8 Å². The molecule has 1 N–H and O–H groups in total. The molecular weight excluding hydrogens is 352 g/mol. The zero-order chi connectivity index (χ0) is 19.3. The van der Waals surface area contributed by atoms with Gasteiger partial charge in [-0.25, -0.2) is 0 Å². The summed E-state index contributed by atoms with van der Waals surface area (Å²) in [5.74, 6) is -0.0220. The largest absolute Gasteiger partial charge is 0.367 e. The van der Waals surface area contributed by atoms with E-state index >= 15 is 0 Å². The lowest BCUT2D eigenvalue weighted by atomic mass is 10.1. The number of anilines is 1. The van der Waals surface area contributed by atoms with Crippen LogP contribution in [0.2, 0.25) is 5.02 Å². The number of nitrogens with zero attached hydrogens (tertiary/aromatic N) is 3. The van der Waals surface area contributed by atoms with Gasteiger partial charge >= 0.3 is 0 Å². The van der Waals surface area contributed by atoms with E-state index in [1.165, 1.54) is 0 Å². The third kappa shape index (κ3) is 6.18. The zero-order valence-electron chi connectivity index (χ0n) is 16.1.